The second-order valence-corrected chi connectivity index (χ2v) is 5.65. The molecule has 2 atom stereocenters. The van der Waals surface area contributed by atoms with Crippen molar-refractivity contribution in [3.8, 4) is 0 Å². The van der Waals surface area contributed by atoms with Crippen molar-refractivity contribution in [2.75, 3.05) is 40.3 Å². The van der Waals surface area contributed by atoms with Crippen LogP contribution in [0, 0.1) is 0 Å². The molecule has 3 heteroatoms. The molecular weight excluding hydrogens is 210 g/mol. The van der Waals surface area contributed by atoms with Crippen molar-refractivity contribution in [1.82, 2.24) is 15.1 Å². The smallest absolute Gasteiger partial charge is 0.0247 e. The first-order valence-electron chi connectivity index (χ1n) is 7.27. The third-order valence-corrected chi connectivity index (χ3v) is 3.79. The number of hydrogen-bond acceptors (Lipinski definition) is 3. The highest BCUT2D eigenvalue weighted by Gasteiger charge is 2.26. The zero-order valence-electron chi connectivity index (χ0n) is 12.2. The lowest BCUT2D eigenvalue weighted by molar-refractivity contribution is 0.110. The largest absolute Gasteiger partial charge is 0.313 e. The Balaban J connectivity index is 2.41. The summed E-state index contributed by atoms with van der Waals surface area (Å²) in [6.45, 7) is 9.43. The molecule has 0 aromatic heterocycles. The number of piperidine rings is 1. The van der Waals surface area contributed by atoms with Crippen molar-refractivity contribution < 1.29 is 0 Å². The third-order valence-electron chi connectivity index (χ3n) is 3.79. The van der Waals surface area contributed by atoms with Gasteiger partial charge >= 0.3 is 0 Å². The molecule has 1 rings (SSSR count). The highest BCUT2D eigenvalue weighted by molar-refractivity contribution is 4.85. The first kappa shape index (κ1) is 14.9. The van der Waals surface area contributed by atoms with Gasteiger partial charge in [-0.2, -0.15) is 0 Å². The van der Waals surface area contributed by atoms with Crippen LogP contribution in [0.5, 0.6) is 0 Å². The van der Waals surface area contributed by atoms with Crippen molar-refractivity contribution in [1.29, 1.82) is 0 Å². The summed E-state index contributed by atoms with van der Waals surface area (Å²) in [6.07, 6.45) is 5.38. The summed E-state index contributed by atoms with van der Waals surface area (Å²) in [5.41, 5.74) is 0. The molecule has 0 aromatic rings. The second-order valence-electron chi connectivity index (χ2n) is 5.65. The van der Waals surface area contributed by atoms with Crippen LogP contribution in [0.4, 0.5) is 0 Å². The van der Waals surface area contributed by atoms with Crippen LogP contribution in [0.25, 0.3) is 0 Å². The van der Waals surface area contributed by atoms with Gasteiger partial charge in [0.2, 0.25) is 0 Å². The Labute approximate surface area is 108 Å². The molecular formula is C14H31N3. The van der Waals surface area contributed by atoms with Gasteiger partial charge in [-0.05, 0) is 53.4 Å². The SMILES string of the molecule is CCCNC(C)C1CCCCN1CCN(C)C. The highest BCUT2D eigenvalue weighted by Crippen LogP contribution is 2.19. The van der Waals surface area contributed by atoms with E-state index < -0.39 is 0 Å². The van der Waals surface area contributed by atoms with E-state index >= 15 is 0 Å². The van der Waals surface area contributed by atoms with Crippen LogP contribution in [0.2, 0.25) is 0 Å². The number of likely N-dealkylation sites (N-methyl/N-ethyl adjacent to an activating group) is 1. The molecule has 2 unspecified atom stereocenters. The summed E-state index contributed by atoms with van der Waals surface area (Å²) in [5, 5.41) is 3.66. The number of likely N-dealkylation sites (tertiary alicyclic amines) is 1. The Hall–Kier alpha value is -0.120. The van der Waals surface area contributed by atoms with Gasteiger partial charge in [-0.1, -0.05) is 13.3 Å². The van der Waals surface area contributed by atoms with Gasteiger partial charge in [0.1, 0.15) is 0 Å². The average Bonchev–Trinajstić information content (AvgIpc) is 2.33. The van der Waals surface area contributed by atoms with E-state index in [1.165, 1.54) is 45.3 Å². The molecule has 1 aliphatic heterocycles. The third kappa shape index (κ3) is 5.36. The van der Waals surface area contributed by atoms with E-state index in [1.54, 1.807) is 0 Å². The van der Waals surface area contributed by atoms with Crippen LogP contribution in [0.3, 0.4) is 0 Å². The highest BCUT2D eigenvalue weighted by atomic mass is 15.2. The first-order valence-corrected chi connectivity index (χ1v) is 7.27. The zero-order valence-corrected chi connectivity index (χ0v) is 12.2. The van der Waals surface area contributed by atoms with Gasteiger partial charge in [-0.25, -0.2) is 0 Å². The maximum atomic E-state index is 3.66. The molecule has 0 bridgehead atoms. The van der Waals surface area contributed by atoms with Crippen molar-refractivity contribution >= 4 is 0 Å². The summed E-state index contributed by atoms with van der Waals surface area (Å²) in [6, 6.07) is 1.38. The van der Waals surface area contributed by atoms with Crippen molar-refractivity contribution in [2.45, 2.75) is 51.6 Å². The Morgan fingerprint density at radius 1 is 1.35 bits per heavy atom. The Morgan fingerprint density at radius 2 is 2.12 bits per heavy atom. The lowest BCUT2D eigenvalue weighted by Crippen LogP contribution is -2.52. The molecule has 1 fully saturated rings. The summed E-state index contributed by atoms with van der Waals surface area (Å²) in [5.74, 6) is 0. The van der Waals surface area contributed by atoms with Crippen LogP contribution >= 0.6 is 0 Å². The molecule has 3 nitrogen and oxygen atoms in total. The second kappa shape index (κ2) is 8.06. The van der Waals surface area contributed by atoms with Gasteiger partial charge in [0.05, 0.1) is 0 Å². The van der Waals surface area contributed by atoms with Crippen LogP contribution in [0.1, 0.15) is 39.5 Å². The first-order chi connectivity index (χ1) is 8.15. The minimum Gasteiger partial charge on any atom is -0.313 e. The predicted octanol–water partition coefficient (Wildman–Crippen LogP) is 1.79. The Morgan fingerprint density at radius 3 is 2.76 bits per heavy atom. The van der Waals surface area contributed by atoms with E-state index in [1.807, 2.05) is 0 Å². The van der Waals surface area contributed by atoms with Gasteiger partial charge in [-0.3, -0.25) is 4.90 Å². The fraction of sp³-hybridized carbons (Fsp3) is 1.00. The summed E-state index contributed by atoms with van der Waals surface area (Å²) in [7, 11) is 4.33. The molecule has 1 saturated heterocycles. The van der Waals surface area contributed by atoms with E-state index in [0.29, 0.717) is 6.04 Å². The molecule has 0 amide bonds. The summed E-state index contributed by atoms with van der Waals surface area (Å²) >= 11 is 0. The van der Waals surface area contributed by atoms with Gasteiger partial charge in [0, 0.05) is 25.2 Å². The number of hydrogen-bond donors (Lipinski definition) is 1. The molecule has 0 spiro atoms. The molecule has 1 aliphatic rings. The molecule has 1 heterocycles. The van der Waals surface area contributed by atoms with Gasteiger partial charge in [0.25, 0.3) is 0 Å². The van der Waals surface area contributed by atoms with E-state index in [-0.39, 0.29) is 0 Å². The van der Waals surface area contributed by atoms with Crippen molar-refractivity contribution in [3.63, 3.8) is 0 Å². The number of nitrogens with one attached hydrogen (secondary N) is 1. The molecule has 0 aromatic carbocycles. The quantitative estimate of drug-likeness (QED) is 0.733. The Kier molecular flexibility index (Phi) is 7.09. The summed E-state index contributed by atoms with van der Waals surface area (Å²) in [4.78, 5) is 4.98. The molecule has 0 aliphatic carbocycles. The fourth-order valence-corrected chi connectivity index (χ4v) is 2.70. The normalized spacial score (nSPS) is 24.2. The van der Waals surface area contributed by atoms with Crippen molar-refractivity contribution in [2.24, 2.45) is 0 Å². The van der Waals surface area contributed by atoms with Gasteiger partial charge in [0.15, 0.2) is 0 Å². The van der Waals surface area contributed by atoms with Crippen LogP contribution in [0.15, 0.2) is 0 Å². The Bertz CT molecular complexity index is 194. The fourth-order valence-electron chi connectivity index (χ4n) is 2.70. The van der Waals surface area contributed by atoms with Crippen LogP contribution < -0.4 is 5.32 Å². The van der Waals surface area contributed by atoms with Crippen molar-refractivity contribution in [3.05, 3.63) is 0 Å². The lowest BCUT2D eigenvalue weighted by atomic mass is 9.96. The number of rotatable bonds is 7. The maximum absolute atomic E-state index is 3.66. The maximum Gasteiger partial charge on any atom is 0.0247 e. The molecule has 0 saturated carbocycles. The van der Waals surface area contributed by atoms with E-state index in [2.05, 4.69) is 43.1 Å². The minimum absolute atomic E-state index is 0.636. The van der Waals surface area contributed by atoms with E-state index in [9.17, 15) is 0 Å². The molecule has 1 N–H and O–H groups in total. The zero-order chi connectivity index (χ0) is 12.7. The standard InChI is InChI=1S/C14H31N3/c1-5-9-15-13(2)14-8-6-7-10-17(14)12-11-16(3)4/h13-15H,5-12H2,1-4H3. The van der Waals surface area contributed by atoms with Gasteiger partial charge in [-0.15, -0.1) is 0 Å². The predicted molar refractivity (Wildman–Crippen MR) is 75.5 cm³/mol. The van der Waals surface area contributed by atoms with Gasteiger partial charge < -0.3 is 10.2 Å². The van der Waals surface area contributed by atoms with E-state index in [4.69, 9.17) is 0 Å². The lowest BCUT2D eigenvalue weighted by Gasteiger charge is -2.40. The van der Waals surface area contributed by atoms with Crippen LogP contribution in [-0.2, 0) is 0 Å². The molecule has 0 radical (unpaired) electrons. The number of nitrogens with zero attached hydrogens (tertiary/aromatic N) is 2. The van der Waals surface area contributed by atoms with Crippen LogP contribution in [-0.4, -0.2) is 62.2 Å². The minimum atomic E-state index is 0.636. The average molecular weight is 241 g/mol. The monoisotopic (exact) mass is 241 g/mol. The van der Waals surface area contributed by atoms with E-state index in [0.717, 1.165) is 12.6 Å². The topological polar surface area (TPSA) is 18.5 Å². The molecule has 17 heavy (non-hydrogen) atoms. The summed E-state index contributed by atoms with van der Waals surface area (Å²) < 4.78 is 0. The molecule has 102 valence electrons.